The standard InChI is InChI=1S/C21H22F3NO4/c1-15(19(26)29-20(27)21(22,23)24)25-12-10-17-8-5-9-18(14-17)28-13-11-16-6-3-2-4-7-16/h2-9,14-15,25H,10-13H2,1H3/t15-/m0/s1. The zero-order valence-corrected chi connectivity index (χ0v) is 15.9. The average Bonchev–Trinajstić information content (AvgIpc) is 2.68. The van der Waals surface area contributed by atoms with Gasteiger partial charge in [0.25, 0.3) is 0 Å². The third-order valence-corrected chi connectivity index (χ3v) is 4.04. The van der Waals surface area contributed by atoms with Gasteiger partial charge >= 0.3 is 18.1 Å². The molecule has 1 atom stereocenters. The minimum absolute atomic E-state index is 0.309. The summed E-state index contributed by atoms with van der Waals surface area (Å²) >= 11 is 0. The van der Waals surface area contributed by atoms with Crippen LogP contribution in [0.4, 0.5) is 13.2 Å². The predicted molar refractivity (Wildman–Crippen MR) is 100 cm³/mol. The van der Waals surface area contributed by atoms with E-state index in [1.165, 1.54) is 12.5 Å². The predicted octanol–water partition coefficient (Wildman–Crippen LogP) is 3.46. The topological polar surface area (TPSA) is 64.6 Å². The van der Waals surface area contributed by atoms with Crippen molar-refractivity contribution in [3.8, 4) is 5.75 Å². The lowest BCUT2D eigenvalue weighted by molar-refractivity contribution is -0.202. The molecular weight excluding hydrogens is 387 g/mol. The summed E-state index contributed by atoms with van der Waals surface area (Å²) in [6, 6.07) is 16.3. The fourth-order valence-electron chi connectivity index (χ4n) is 2.48. The molecule has 0 saturated carbocycles. The Morgan fingerprint density at radius 1 is 1.00 bits per heavy atom. The second-order valence-electron chi connectivity index (χ2n) is 6.36. The molecule has 156 valence electrons. The van der Waals surface area contributed by atoms with Gasteiger partial charge in [0.2, 0.25) is 0 Å². The fraction of sp³-hybridized carbons (Fsp3) is 0.333. The van der Waals surface area contributed by atoms with E-state index in [9.17, 15) is 22.8 Å². The minimum atomic E-state index is -5.20. The number of nitrogens with one attached hydrogen (secondary N) is 1. The summed E-state index contributed by atoms with van der Waals surface area (Å²) in [5, 5.41) is 2.74. The van der Waals surface area contributed by atoms with E-state index in [1.54, 1.807) is 0 Å². The maximum Gasteiger partial charge on any atom is 0.491 e. The Kier molecular flexibility index (Phi) is 8.21. The molecule has 2 aromatic rings. The number of benzene rings is 2. The van der Waals surface area contributed by atoms with Crippen molar-refractivity contribution in [2.75, 3.05) is 13.2 Å². The van der Waals surface area contributed by atoms with Crippen molar-refractivity contribution in [1.82, 2.24) is 5.32 Å². The van der Waals surface area contributed by atoms with Crippen LogP contribution in [0, 0.1) is 0 Å². The molecule has 8 heteroatoms. The van der Waals surface area contributed by atoms with Gasteiger partial charge in [-0.15, -0.1) is 0 Å². The van der Waals surface area contributed by atoms with Gasteiger partial charge in [-0.25, -0.2) is 9.59 Å². The lowest BCUT2D eigenvalue weighted by Crippen LogP contribution is -2.40. The molecule has 0 aliphatic heterocycles. The molecule has 29 heavy (non-hydrogen) atoms. The number of esters is 2. The molecule has 0 fully saturated rings. The van der Waals surface area contributed by atoms with Crippen LogP contribution in [-0.4, -0.2) is 37.3 Å². The number of carbonyl (C=O) groups is 2. The highest BCUT2D eigenvalue weighted by molar-refractivity contribution is 5.90. The molecule has 0 unspecified atom stereocenters. The van der Waals surface area contributed by atoms with Gasteiger partial charge in [0.1, 0.15) is 11.8 Å². The van der Waals surface area contributed by atoms with Crippen LogP contribution in [0.2, 0.25) is 0 Å². The number of halogens is 3. The van der Waals surface area contributed by atoms with Crippen molar-refractivity contribution >= 4 is 11.9 Å². The van der Waals surface area contributed by atoms with Crippen LogP contribution in [0.5, 0.6) is 5.75 Å². The molecule has 0 heterocycles. The summed E-state index contributed by atoms with van der Waals surface area (Å²) < 4.78 is 45.9. The first-order valence-corrected chi connectivity index (χ1v) is 9.07. The van der Waals surface area contributed by atoms with Gasteiger partial charge in [0.15, 0.2) is 0 Å². The minimum Gasteiger partial charge on any atom is -0.493 e. The van der Waals surface area contributed by atoms with Gasteiger partial charge in [-0.2, -0.15) is 13.2 Å². The molecule has 0 saturated heterocycles. The average molecular weight is 409 g/mol. The summed E-state index contributed by atoms with van der Waals surface area (Å²) in [6.45, 7) is 2.17. The van der Waals surface area contributed by atoms with E-state index in [1.807, 2.05) is 54.6 Å². The summed E-state index contributed by atoms with van der Waals surface area (Å²) in [5.74, 6) is -3.08. The molecule has 1 N–H and O–H groups in total. The summed E-state index contributed by atoms with van der Waals surface area (Å²) in [5.41, 5.74) is 2.11. The van der Waals surface area contributed by atoms with Gasteiger partial charge in [0.05, 0.1) is 6.61 Å². The number of carbonyl (C=O) groups excluding carboxylic acids is 2. The molecule has 0 aliphatic rings. The molecule has 0 radical (unpaired) electrons. The van der Waals surface area contributed by atoms with E-state index in [-0.39, 0.29) is 0 Å². The lowest BCUT2D eigenvalue weighted by Gasteiger charge is -2.13. The normalized spacial score (nSPS) is 12.3. The van der Waals surface area contributed by atoms with Crippen molar-refractivity contribution in [3.63, 3.8) is 0 Å². The Morgan fingerprint density at radius 3 is 2.38 bits per heavy atom. The van der Waals surface area contributed by atoms with Crippen molar-refractivity contribution in [3.05, 3.63) is 65.7 Å². The van der Waals surface area contributed by atoms with Gasteiger partial charge < -0.3 is 14.8 Å². The SMILES string of the molecule is C[C@H](NCCc1cccc(OCCc2ccccc2)c1)C(=O)OC(=O)C(F)(F)F. The largest absolute Gasteiger partial charge is 0.493 e. The van der Waals surface area contributed by atoms with Crippen LogP contribution < -0.4 is 10.1 Å². The van der Waals surface area contributed by atoms with Crippen molar-refractivity contribution < 1.29 is 32.2 Å². The molecule has 2 aromatic carbocycles. The van der Waals surface area contributed by atoms with Gasteiger partial charge in [-0.1, -0.05) is 42.5 Å². The summed E-state index contributed by atoms with van der Waals surface area (Å²) in [7, 11) is 0. The molecule has 0 aliphatic carbocycles. The van der Waals surface area contributed by atoms with E-state index in [0.29, 0.717) is 25.3 Å². The summed E-state index contributed by atoms with van der Waals surface area (Å²) in [6.07, 6.45) is -3.90. The third kappa shape index (κ3) is 7.95. The zero-order chi connectivity index (χ0) is 21.3. The third-order valence-electron chi connectivity index (χ3n) is 4.04. The Bertz CT molecular complexity index is 809. The number of alkyl halides is 3. The Balaban J connectivity index is 1.74. The van der Waals surface area contributed by atoms with Crippen LogP contribution in [-0.2, 0) is 27.2 Å². The number of hydrogen-bond donors (Lipinski definition) is 1. The summed E-state index contributed by atoms with van der Waals surface area (Å²) in [4.78, 5) is 22.2. The molecule has 0 amide bonds. The number of rotatable bonds is 9. The smallest absolute Gasteiger partial charge is 0.491 e. The lowest BCUT2D eigenvalue weighted by atomic mass is 10.1. The Labute approximate surface area is 166 Å². The Hall–Kier alpha value is -2.87. The van der Waals surface area contributed by atoms with Crippen molar-refractivity contribution in [2.45, 2.75) is 32.0 Å². The van der Waals surface area contributed by atoms with E-state index in [4.69, 9.17) is 4.74 Å². The van der Waals surface area contributed by atoms with E-state index < -0.39 is 24.2 Å². The highest BCUT2D eigenvalue weighted by Crippen LogP contribution is 2.17. The molecule has 2 rings (SSSR count). The second kappa shape index (κ2) is 10.6. The first-order valence-electron chi connectivity index (χ1n) is 9.07. The van der Waals surface area contributed by atoms with Crippen LogP contribution in [0.15, 0.2) is 54.6 Å². The molecule has 5 nitrogen and oxygen atoms in total. The number of hydrogen-bond acceptors (Lipinski definition) is 5. The molecule has 0 spiro atoms. The fourth-order valence-corrected chi connectivity index (χ4v) is 2.48. The van der Waals surface area contributed by atoms with E-state index in [0.717, 1.165) is 12.0 Å². The Morgan fingerprint density at radius 2 is 1.69 bits per heavy atom. The second-order valence-corrected chi connectivity index (χ2v) is 6.36. The number of ether oxygens (including phenoxy) is 2. The maximum atomic E-state index is 12.1. The monoisotopic (exact) mass is 409 g/mol. The molecule has 0 aromatic heterocycles. The highest BCUT2D eigenvalue weighted by Gasteiger charge is 2.42. The quantitative estimate of drug-likeness (QED) is 0.508. The maximum absolute atomic E-state index is 12.1. The van der Waals surface area contributed by atoms with Crippen molar-refractivity contribution in [1.29, 1.82) is 0 Å². The van der Waals surface area contributed by atoms with Gasteiger partial charge in [0, 0.05) is 6.42 Å². The zero-order valence-electron chi connectivity index (χ0n) is 15.9. The van der Waals surface area contributed by atoms with Crippen LogP contribution in [0.25, 0.3) is 0 Å². The van der Waals surface area contributed by atoms with Gasteiger partial charge in [-0.3, -0.25) is 0 Å². The van der Waals surface area contributed by atoms with Crippen LogP contribution in [0.3, 0.4) is 0 Å². The van der Waals surface area contributed by atoms with Gasteiger partial charge in [-0.05, 0) is 43.1 Å². The van der Waals surface area contributed by atoms with E-state index in [2.05, 4.69) is 10.1 Å². The first-order chi connectivity index (χ1) is 13.8. The van der Waals surface area contributed by atoms with Crippen molar-refractivity contribution in [2.24, 2.45) is 0 Å². The first kappa shape index (κ1) is 22.4. The molecule has 0 bridgehead atoms. The van der Waals surface area contributed by atoms with E-state index >= 15 is 0 Å². The highest BCUT2D eigenvalue weighted by atomic mass is 19.4. The molecular formula is C21H22F3NO4. The van der Waals surface area contributed by atoms with Crippen LogP contribution >= 0.6 is 0 Å². The van der Waals surface area contributed by atoms with Crippen LogP contribution in [0.1, 0.15) is 18.1 Å².